The number of aromatic nitrogens is 1. The normalized spacial score (nSPS) is 10.4. The number of aliphatic hydroxyl groups is 1. The smallest absolute Gasteiger partial charge is 0.130 e. The molecule has 0 bridgehead atoms. The molecule has 1 N–H and O–H groups in total. The lowest BCUT2D eigenvalue weighted by molar-refractivity contribution is 0.257. The van der Waals surface area contributed by atoms with Gasteiger partial charge in [-0.25, -0.2) is 0 Å². The molecular weight excluding hydrogens is 250 g/mol. The van der Waals surface area contributed by atoms with E-state index in [0.29, 0.717) is 22.9 Å². The number of hydrogen-bond acceptors (Lipinski definition) is 3. The summed E-state index contributed by atoms with van der Waals surface area (Å²) in [4.78, 5) is 4.35. The van der Waals surface area contributed by atoms with Gasteiger partial charge in [0.1, 0.15) is 12.4 Å². The van der Waals surface area contributed by atoms with Gasteiger partial charge in [0.05, 0.1) is 12.3 Å². The summed E-state index contributed by atoms with van der Waals surface area (Å²) in [5, 5.41) is 9.77. The summed E-state index contributed by atoms with van der Waals surface area (Å²) < 4.78 is 5.64. The first-order valence-corrected chi connectivity index (χ1v) is 6.02. The van der Waals surface area contributed by atoms with Gasteiger partial charge in [-0.1, -0.05) is 23.7 Å². The van der Waals surface area contributed by atoms with Gasteiger partial charge >= 0.3 is 0 Å². The molecule has 1 heterocycles. The number of rotatable bonds is 4. The van der Waals surface area contributed by atoms with Crippen molar-refractivity contribution in [3.63, 3.8) is 0 Å². The first-order valence-electron chi connectivity index (χ1n) is 5.64. The number of aryl methyl sites for hydroxylation is 1. The third-order valence-electron chi connectivity index (χ3n) is 2.56. The van der Waals surface area contributed by atoms with E-state index >= 15 is 0 Å². The number of nitrogens with zero attached hydrogens (tertiary/aromatic N) is 1. The molecular formula is C14H14ClNO2. The van der Waals surface area contributed by atoms with E-state index in [1.807, 2.05) is 25.1 Å². The van der Waals surface area contributed by atoms with E-state index in [-0.39, 0.29) is 6.61 Å². The Morgan fingerprint density at radius 2 is 2.00 bits per heavy atom. The zero-order chi connectivity index (χ0) is 13.0. The molecule has 0 spiro atoms. The second kappa shape index (κ2) is 5.85. The van der Waals surface area contributed by atoms with Crippen molar-refractivity contribution in [2.75, 3.05) is 0 Å². The van der Waals surface area contributed by atoms with E-state index in [4.69, 9.17) is 16.3 Å². The predicted octanol–water partition coefficient (Wildman–Crippen LogP) is 3.11. The summed E-state index contributed by atoms with van der Waals surface area (Å²) in [6.45, 7) is 2.15. The molecule has 94 valence electrons. The van der Waals surface area contributed by atoms with Crippen LogP contribution in [-0.2, 0) is 13.2 Å². The third kappa shape index (κ3) is 3.00. The monoisotopic (exact) mass is 263 g/mol. The molecule has 0 saturated carbocycles. The molecule has 0 saturated heterocycles. The van der Waals surface area contributed by atoms with Gasteiger partial charge in [0.2, 0.25) is 0 Å². The lowest BCUT2D eigenvalue weighted by atomic mass is 10.2. The first kappa shape index (κ1) is 12.9. The van der Waals surface area contributed by atoms with Crippen LogP contribution < -0.4 is 4.74 Å². The van der Waals surface area contributed by atoms with E-state index in [1.54, 1.807) is 18.2 Å². The Kier molecular flexibility index (Phi) is 4.18. The average Bonchev–Trinajstić information content (AvgIpc) is 2.36. The minimum Gasteiger partial charge on any atom is -0.487 e. The molecule has 0 aliphatic rings. The second-order valence-corrected chi connectivity index (χ2v) is 4.34. The molecule has 0 unspecified atom stereocenters. The number of pyridine rings is 1. The summed E-state index contributed by atoms with van der Waals surface area (Å²) in [6.07, 6.45) is 0. The van der Waals surface area contributed by atoms with Crippen LogP contribution in [0.1, 0.15) is 17.0 Å². The second-order valence-electron chi connectivity index (χ2n) is 3.93. The largest absolute Gasteiger partial charge is 0.487 e. The molecule has 0 atom stereocenters. The Labute approximate surface area is 111 Å². The molecule has 4 heteroatoms. The van der Waals surface area contributed by atoms with Gasteiger partial charge in [-0.2, -0.15) is 0 Å². The molecule has 0 radical (unpaired) electrons. The Hall–Kier alpha value is -1.58. The van der Waals surface area contributed by atoms with Crippen molar-refractivity contribution in [1.29, 1.82) is 0 Å². The molecule has 2 rings (SSSR count). The van der Waals surface area contributed by atoms with Crippen LogP contribution in [0.4, 0.5) is 0 Å². The van der Waals surface area contributed by atoms with E-state index < -0.39 is 0 Å². The Morgan fingerprint density at radius 1 is 1.22 bits per heavy atom. The Balaban J connectivity index is 2.13. The van der Waals surface area contributed by atoms with Gasteiger partial charge in [0.25, 0.3) is 0 Å². The number of hydrogen-bond donors (Lipinski definition) is 1. The lowest BCUT2D eigenvalue weighted by Gasteiger charge is -2.11. The SMILES string of the molecule is Cc1cccc(COc2cccc(Cl)c2CO)n1. The van der Waals surface area contributed by atoms with Crippen LogP contribution in [0.3, 0.4) is 0 Å². The van der Waals surface area contributed by atoms with E-state index in [2.05, 4.69) is 4.98 Å². The topological polar surface area (TPSA) is 42.4 Å². The maximum atomic E-state index is 9.26. The fourth-order valence-corrected chi connectivity index (χ4v) is 1.88. The van der Waals surface area contributed by atoms with E-state index in [9.17, 15) is 5.11 Å². The van der Waals surface area contributed by atoms with Crippen LogP contribution in [0.5, 0.6) is 5.75 Å². The summed E-state index contributed by atoms with van der Waals surface area (Å²) in [7, 11) is 0. The van der Waals surface area contributed by atoms with Crippen molar-refractivity contribution in [3.8, 4) is 5.75 Å². The van der Waals surface area contributed by atoms with Crippen molar-refractivity contribution in [3.05, 3.63) is 58.4 Å². The van der Waals surface area contributed by atoms with E-state index in [0.717, 1.165) is 11.4 Å². The van der Waals surface area contributed by atoms with Crippen LogP contribution in [0.2, 0.25) is 5.02 Å². The molecule has 0 aliphatic carbocycles. The molecule has 3 nitrogen and oxygen atoms in total. The van der Waals surface area contributed by atoms with E-state index in [1.165, 1.54) is 0 Å². The standard InChI is InChI=1S/C14H14ClNO2/c1-10-4-2-5-11(16-10)9-18-14-7-3-6-13(15)12(14)8-17/h2-7,17H,8-9H2,1H3. The maximum absolute atomic E-state index is 9.26. The molecule has 18 heavy (non-hydrogen) atoms. The number of halogens is 1. The Bertz CT molecular complexity index is 543. The molecule has 0 fully saturated rings. The van der Waals surface area contributed by atoms with Crippen molar-refractivity contribution in [2.24, 2.45) is 0 Å². The summed E-state index contributed by atoms with van der Waals surface area (Å²) >= 11 is 5.98. The van der Waals surface area contributed by atoms with Crippen LogP contribution in [0.15, 0.2) is 36.4 Å². The van der Waals surface area contributed by atoms with Crippen LogP contribution >= 0.6 is 11.6 Å². The number of ether oxygens (including phenoxy) is 1. The van der Waals surface area contributed by atoms with Crippen molar-refractivity contribution in [1.82, 2.24) is 4.98 Å². The molecule has 0 amide bonds. The quantitative estimate of drug-likeness (QED) is 0.922. The van der Waals surface area contributed by atoms with Crippen molar-refractivity contribution in [2.45, 2.75) is 20.1 Å². The van der Waals surface area contributed by atoms with Crippen LogP contribution in [0.25, 0.3) is 0 Å². The maximum Gasteiger partial charge on any atom is 0.130 e. The van der Waals surface area contributed by atoms with Crippen LogP contribution in [0, 0.1) is 6.92 Å². The zero-order valence-electron chi connectivity index (χ0n) is 10.1. The minimum absolute atomic E-state index is 0.143. The van der Waals surface area contributed by atoms with Gasteiger partial charge < -0.3 is 9.84 Å². The van der Waals surface area contributed by atoms with Crippen LogP contribution in [-0.4, -0.2) is 10.1 Å². The summed E-state index contributed by atoms with van der Waals surface area (Å²) in [5.41, 5.74) is 2.40. The number of aliphatic hydroxyl groups excluding tert-OH is 1. The Morgan fingerprint density at radius 3 is 2.72 bits per heavy atom. The van der Waals surface area contributed by atoms with Crippen molar-refractivity contribution < 1.29 is 9.84 Å². The molecule has 1 aromatic carbocycles. The van der Waals surface area contributed by atoms with Gasteiger partial charge in [-0.05, 0) is 31.2 Å². The number of benzene rings is 1. The van der Waals surface area contributed by atoms with Gasteiger partial charge in [0, 0.05) is 16.3 Å². The molecule has 2 aromatic rings. The average molecular weight is 264 g/mol. The lowest BCUT2D eigenvalue weighted by Crippen LogP contribution is -2.01. The highest BCUT2D eigenvalue weighted by atomic mass is 35.5. The van der Waals surface area contributed by atoms with Gasteiger partial charge in [-0.15, -0.1) is 0 Å². The highest BCUT2D eigenvalue weighted by molar-refractivity contribution is 6.31. The van der Waals surface area contributed by atoms with Crippen molar-refractivity contribution >= 4 is 11.6 Å². The van der Waals surface area contributed by atoms with Gasteiger partial charge in [-0.3, -0.25) is 4.98 Å². The summed E-state index contributed by atoms with van der Waals surface area (Å²) in [6, 6.07) is 11.1. The fraction of sp³-hybridized carbons (Fsp3) is 0.214. The van der Waals surface area contributed by atoms with Gasteiger partial charge in [0.15, 0.2) is 0 Å². The highest BCUT2D eigenvalue weighted by Gasteiger charge is 2.07. The third-order valence-corrected chi connectivity index (χ3v) is 2.91. The zero-order valence-corrected chi connectivity index (χ0v) is 10.8. The highest BCUT2D eigenvalue weighted by Crippen LogP contribution is 2.26. The molecule has 1 aromatic heterocycles. The fourth-order valence-electron chi connectivity index (χ4n) is 1.66. The summed E-state index contributed by atoms with van der Waals surface area (Å²) in [5.74, 6) is 0.591. The minimum atomic E-state index is -0.143. The molecule has 0 aliphatic heterocycles. The first-order chi connectivity index (χ1) is 8.70. The predicted molar refractivity (Wildman–Crippen MR) is 70.7 cm³/mol.